The van der Waals surface area contributed by atoms with Gasteiger partial charge in [0.25, 0.3) is 5.91 Å². The van der Waals surface area contributed by atoms with Crippen LogP contribution in [-0.4, -0.2) is 50.7 Å². The lowest BCUT2D eigenvalue weighted by Gasteiger charge is -2.32. The number of benzene rings is 3. The van der Waals surface area contributed by atoms with Gasteiger partial charge in [0, 0.05) is 34.3 Å². The zero-order chi connectivity index (χ0) is 26.1. The van der Waals surface area contributed by atoms with E-state index in [-0.39, 0.29) is 5.91 Å². The molecule has 1 saturated heterocycles. The number of amides is 1. The Bertz CT molecular complexity index is 1460. The molecule has 1 atom stereocenters. The van der Waals surface area contributed by atoms with Crippen LogP contribution in [0.2, 0.25) is 0 Å². The zero-order valence-electron chi connectivity index (χ0n) is 22.4. The van der Waals surface area contributed by atoms with Gasteiger partial charge in [0.15, 0.2) is 0 Å². The van der Waals surface area contributed by atoms with Gasteiger partial charge >= 0.3 is 0 Å². The number of carbonyl (C=O) groups excluding carboxylic acids is 1. The van der Waals surface area contributed by atoms with Crippen LogP contribution in [0.4, 0.5) is 11.4 Å². The van der Waals surface area contributed by atoms with Crippen LogP contribution in [0.15, 0.2) is 72.8 Å². The fourth-order valence-electron chi connectivity index (χ4n) is 5.94. The number of carbonyl (C=O) groups is 1. The summed E-state index contributed by atoms with van der Waals surface area (Å²) in [6, 6.07) is 25.1. The molecule has 38 heavy (non-hydrogen) atoms. The van der Waals surface area contributed by atoms with Crippen molar-refractivity contribution in [2.45, 2.75) is 26.4 Å². The molecule has 4 aromatic rings. The number of para-hydroxylation sites is 1. The van der Waals surface area contributed by atoms with E-state index >= 15 is 0 Å². The van der Waals surface area contributed by atoms with E-state index in [1.807, 2.05) is 24.3 Å². The van der Waals surface area contributed by atoms with Gasteiger partial charge in [-0.1, -0.05) is 48.5 Å². The molecule has 1 aromatic heterocycles. The van der Waals surface area contributed by atoms with Crippen molar-refractivity contribution in [3.05, 3.63) is 101 Å². The molecule has 1 fully saturated rings. The first-order valence-electron chi connectivity index (χ1n) is 13.8. The Balaban J connectivity index is 1.29. The van der Waals surface area contributed by atoms with Crippen LogP contribution >= 0.6 is 0 Å². The third-order valence-electron chi connectivity index (χ3n) is 8.19. The third-order valence-corrected chi connectivity index (χ3v) is 8.19. The number of pyridine rings is 1. The highest BCUT2D eigenvalue weighted by Crippen LogP contribution is 2.28. The molecule has 1 amide bonds. The lowest BCUT2D eigenvalue weighted by Crippen LogP contribution is -3.12. The summed E-state index contributed by atoms with van der Waals surface area (Å²) in [5, 5.41) is 4.20. The quantitative estimate of drug-likeness (QED) is 0.389. The summed E-state index contributed by atoms with van der Waals surface area (Å²) in [7, 11) is 2.26. The van der Waals surface area contributed by atoms with Crippen LogP contribution in [0.5, 0.6) is 0 Å². The van der Waals surface area contributed by atoms with E-state index in [0.717, 1.165) is 91.2 Å². The Morgan fingerprint density at radius 3 is 2.53 bits per heavy atom. The first kappa shape index (κ1) is 24.6. The van der Waals surface area contributed by atoms with E-state index < -0.39 is 0 Å². The van der Waals surface area contributed by atoms with Crippen molar-refractivity contribution >= 4 is 28.2 Å². The van der Waals surface area contributed by atoms with Crippen LogP contribution in [0, 0.1) is 6.92 Å². The molecule has 6 heteroatoms. The molecule has 194 valence electrons. The summed E-state index contributed by atoms with van der Waals surface area (Å²) in [6.07, 6.45) is 0.878. The van der Waals surface area contributed by atoms with Gasteiger partial charge < -0.3 is 20.0 Å². The lowest BCUT2D eigenvalue weighted by atomic mass is 9.94. The Labute approximate surface area is 224 Å². The van der Waals surface area contributed by atoms with Gasteiger partial charge in [0.1, 0.15) is 13.1 Å². The maximum Gasteiger partial charge on any atom is 0.256 e. The van der Waals surface area contributed by atoms with Gasteiger partial charge in [-0.25, -0.2) is 0 Å². The smallest absolute Gasteiger partial charge is 0.256 e. The highest BCUT2D eigenvalue weighted by molar-refractivity contribution is 6.13. The Morgan fingerprint density at radius 2 is 1.74 bits per heavy atom. The maximum absolute atomic E-state index is 14.0. The second kappa shape index (κ2) is 10.6. The number of hydrogen-bond acceptors (Lipinski definition) is 3. The van der Waals surface area contributed by atoms with Crippen molar-refractivity contribution in [2.24, 2.45) is 0 Å². The molecule has 0 saturated carbocycles. The molecular formula is C32H37N5O+2. The van der Waals surface area contributed by atoms with Crippen molar-refractivity contribution in [2.75, 3.05) is 50.0 Å². The number of aryl methyl sites for hydroxylation is 1. The zero-order valence-corrected chi connectivity index (χ0v) is 22.4. The molecule has 6 nitrogen and oxygen atoms in total. The summed E-state index contributed by atoms with van der Waals surface area (Å²) < 4.78 is 0. The maximum atomic E-state index is 14.0. The second-order valence-electron chi connectivity index (χ2n) is 10.9. The van der Waals surface area contributed by atoms with Gasteiger partial charge in [-0.15, -0.1) is 0 Å². The molecule has 0 aliphatic carbocycles. The summed E-state index contributed by atoms with van der Waals surface area (Å²) in [5.41, 5.74) is 8.35. The Kier molecular flexibility index (Phi) is 6.83. The van der Waals surface area contributed by atoms with Gasteiger partial charge in [0.2, 0.25) is 0 Å². The molecule has 1 unspecified atom stereocenters. The number of likely N-dealkylation sites (N-methyl/N-ethyl adjacent to an activating group) is 1. The minimum atomic E-state index is -0.0418. The van der Waals surface area contributed by atoms with Crippen molar-refractivity contribution in [3.63, 3.8) is 0 Å². The summed E-state index contributed by atoms with van der Waals surface area (Å²) in [4.78, 5) is 24.5. The van der Waals surface area contributed by atoms with E-state index in [4.69, 9.17) is 4.98 Å². The number of fused-ring (bicyclic) bond motifs is 2. The van der Waals surface area contributed by atoms with Crippen molar-refractivity contribution in [3.8, 4) is 0 Å². The van der Waals surface area contributed by atoms with E-state index in [0.29, 0.717) is 0 Å². The summed E-state index contributed by atoms with van der Waals surface area (Å²) >= 11 is 0. The standard InChI is InChI=1S/C32H35N5O/c1-23-20-25(37-18-16-35(2)17-19-37)12-13-28(23)34-32(38)31-26-10-6-7-11-29(26)33-30-14-15-36(22-27(30)31)21-24-8-4-3-5-9-24/h3-13,20H,14-19,21-22H2,1-2H3,(H,34,38)/p+2. The minimum Gasteiger partial charge on any atom is -0.360 e. The fraction of sp³-hybridized carbons (Fsp3) is 0.312. The number of nitrogens with zero attached hydrogens (tertiary/aromatic N) is 2. The average molecular weight is 508 g/mol. The monoisotopic (exact) mass is 507 g/mol. The van der Waals surface area contributed by atoms with Crippen LogP contribution in [0.1, 0.15) is 32.7 Å². The van der Waals surface area contributed by atoms with Crippen LogP contribution in [0.3, 0.4) is 0 Å². The number of quaternary nitrogens is 2. The number of rotatable bonds is 5. The fourth-order valence-corrected chi connectivity index (χ4v) is 5.94. The molecule has 0 spiro atoms. The Morgan fingerprint density at radius 1 is 0.974 bits per heavy atom. The van der Waals surface area contributed by atoms with Crippen LogP contribution in [-0.2, 0) is 19.5 Å². The SMILES string of the molecule is Cc1cc(N2CC[NH+](C)CC2)ccc1NC(=O)c1c2c(nc3ccccc13)CC[NH+](Cc1ccccc1)C2. The largest absolute Gasteiger partial charge is 0.360 e. The van der Waals surface area contributed by atoms with Gasteiger partial charge in [-0.3, -0.25) is 9.78 Å². The molecule has 6 rings (SSSR count). The van der Waals surface area contributed by atoms with Crippen LogP contribution in [0.25, 0.3) is 10.9 Å². The van der Waals surface area contributed by atoms with E-state index in [1.54, 1.807) is 4.90 Å². The lowest BCUT2D eigenvalue weighted by molar-refractivity contribution is -0.929. The van der Waals surface area contributed by atoms with E-state index in [9.17, 15) is 4.79 Å². The average Bonchev–Trinajstić information content (AvgIpc) is 2.94. The van der Waals surface area contributed by atoms with Crippen LogP contribution < -0.4 is 20.0 Å². The van der Waals surface area contributed by atoms with Crippen molar-refractivity contribution in [1.29, 1.82) is 0 Å². The number of nitrogens with one attached hydrogen (secondary N) is 3. The summed E-state index contributed by atoms with van der Waals surface area (Å²) in [6.45, 7) is 9.29. The third kappa shape index (κ3) is 5.02. The molecular weight excluding hydrogens is 470 g/mol. The molecule has 0 radical (unpaired) electrons. The number of hydrogen-bond donors (Lipinski definition) is 3. The first-order valence-corrected chi connectivity index (χ1v) is 13.8. The van der Waals surface area contributed by atoms with Gasteiger partial charge in [-0.2, -0.15) is 0 Å². The predicted octanol–water partition coefficient (Wildman–Crippen LogP) is 2.27. The van der Waals surface area contributed by atoms with E-state index in [1.165, 1.54) is 16.2 Å². The van der Waals surface area contributed by atoms with E-state index in [2.05, 4.69) is 72.7 Å². The molecule has 3 N–H and O–H groups in total. The first-order chi connectivity index (χ1) is 18.5. The van der Waals surface area contributed by atoms with Crippen molar-refractivity contribution in [1.82, 2.24) is 4.98 Å². The van der Waals surface area contributed by atoms with Gasteiger partial charge in [0.05, 0.1) is 56.5 Å². The predicted molar refractivity (Wildman–Crippen MR) is 153 cm³/mol. The number of aromatic nitrogens is 1. The topological polar surface area (TPSA) is 54.1 Å². The number of piperazine rings is 1. The minimum absolute atomic E-state index is 0.0418. The molecule has 0 bridgehead atoms. The molecule has 2 aliphatic rings. The Hall–Kier alpha value is -3.74. The summed E-state index contributed by atoms with van der Waals surface area (Å²) in [5.74, 6) is -0.0418. The highest BCUT2D eigenvalue weighted by atomic mass is 16.1. The highest BCUT2D eigenvalue weighted by Gasteiger charge is 2.28. The normalized spacial score (nSPS) is 17.8. The van der Waals surface area contributed by atoms with Gasteiger partial charge in [-0.05, 0) is 36.8 Å². The molecule has 3 heterocycles. The number of anilines is 2. The van der Waals surface area contributed by atoms with Crippen molar-refractivity contribution < 1.29 is 14.6 Å². The molecule has 3 aromatic carbocycles. The second-order valence-corrected chi connectivity index (χ2v) is 10.9. The molecule has 2 aliphatic heterocycles.